The third-order valence-corrected chi connectivity index (χ3v) is 5.20. The summed E-state index contributed by atoms with van der Waals surface area (Å²) >= 11 is 0. The standard InChI is InChI=1S/C20H23N3O4/c24-22(25)18-8-4-16(5-9-18)20(12-15-21-13-2-1-3-14-21)17-6-10-19(11-7-17)23(26)27/h4-11,20H,1-3,12-15H2. The van der Waals surface area contributed by atoms with E-state index in [-0.39, 0.29) is 17.3 Å². The Morgan fingerprint density at radius 2 is 1.22 bits per heavy atom. The minimum Gasteiger partial charge on any atom is -0.303 e. The van der Waals surface area contributed by atoms with Gasteiger partial charge < -0.3 is 4.90 Å². The third-order valence-electron chi connectivity index (χ3n) is 5.20. The lowest BCUT2D eigenvalue weighted by Crippen LogP contribution is -2.31. The molecule has 0 N–H and O–H groups in total. The number of nitro benzene ring substituents is 2. The normalized spacial score (nSPS) is 15.0. The molecule has 0 atom stereocenters. The molecule has 0 aliphatic carbocycles. The zero-order chi connectivity index (χ0) is 19.2. The number of likely N-dealkylation sites (tertiary alicyclic amines) is 1. The summed E-state index contributed by atoms with van der Waals surface area (Å²) in [5.41, 5.74) is 2.12. The van der Waals surface area contributed by atoms with Crippen LogP contribution in [-0.4, -0.2) is 34.4 Å². The van der Waals surface area contributed by atoms with Crippen molar-refractivity contribution in [2.24, 2.45) is 0 Å². The van der Waals surface area contributed by atoms with Gasteiger partial charge >= 0.3 is 0 Å². The zero-order valence-electron chi connectivity index (χ0n) is 15.1. The predicted octanol–water partition coefficient (Wildman–Crippen LogP) is 4.51. The second kappa shape index (κ2) is 8.73. The van der Waals surface area contributed by atoms with Crippen LogP contribution in [0, 0.1) is 20.2 Å². The topological polar surface area (TPSA) is 89.5 Å². The lowest BCUT2D eigenvalue weighted by Gasteiger charge is -2.28. The van der Waals surface area contributed by atoms with E-state index in [0.717, 1.165) is 37.2 Å². The van der Waals surface area contributed by atoms with Gasteiger partial charge in [0.2, 0.25) is 0 Å². The molecule has 1 fully saturated rings. The molecule has 1 aliphatic rings. The minimum atomic E-state index is -0.404. The van der Waals surface area contributed by atoms with E-state index in [1.807, 2.05) is 0 Å². The highest BCUT2D eigenvalue weighted by atomic mass is 16.6. The maximum absolute atomic E-state index is 10.9. The van der Waals surface area contributed by atoms with Crippen LogP contribution in [0.1, 0.15) is 42.7 Å². The van der Waals surface area contributed by atoms with Crippen LogP contribution in [0.2, 0.25) is 0 Å². The first-order chi connectivity index (χ1) is 13.0. The maximum atomic E-state index is 10.9. The second-order valence-electron chi connectivity index (χ2n) is 6.94. The molecule has 7 nitrogen and oxygen atoms in total. The van der Waals surface area contributed by atoms with Crippen molar-refractivity contribution in [3.63, 3.8) is 0 Å². The number of hydrogen-bond acceptors (Lipinski definition) is 5. The fourth-order valence-electron chi connectivity index (χ4n) is 3.68. The van der Waals surface area contributed by atoms with E-state index in [1.54, 1.807) is 24.3 Å². The molecule has 1 saturated heterocycles. The van der Waals surface area contributed by atoms with E-state index in [0.29, 0.717) is 0 Å². The lowest BCUT2D eigenvalue weighted by molar-refractivity contribution is -0.385. The molecule has 1 aliphatic heterocycles. The highest BCUT2D eigenvalue weighted by Gasteiger charge is 2.19. The highest BCUT2D eigenvalue weighted by molar-refractivity contribution is 5.41. The molecule has 7 heteroatoms. The van der Waals surface area contributed by atoms with Crippen molar-refractivity contribution in [1.82, 2.24) is 4.90 Å². The Morgan fingerprint density at radius 1 is 0.778 bits per heavy atom. The molecule has 27 heavy (non-hydrogen) atoms. The van der Waals surface area contributed by atoms with Crippen molar-refractivity contribution in [2.45, 2.75) is 31.6 Å². The molecular formula is C20H23N3O4. The number of non-ortho nitro benzene ring substituents is 2. The van der Waals surface area contributed by atoms with Crippen LogP contribution in [0.25, 0.3) is 0 Å². The Kier molecular flexibility index (Phi) is 6.13. The molecule has 0 aromatic heterocycles. The zero-order valence-corrected chi connectivity index (χ0v) is 15.1. The molecule has 0 amide bonds. The number of nitro groups is 2. The summed E-state index contributed by atoms with van der Waals surface area (Å²) in [7, 11) is 0. The molecular weight excluding hydrogens is 346 g/mol. The molecule has 2 aromatic carbocycles. The smallest absolute Gasteiger partial charge is 0.269 e. The van der Waals surface area contributed by atoms with Gasteiger partial charge in [-0.15, -0.1) is 0 Å². The van der Waals surface area contributed by atoms with Gasteiger partial charge in [0.1, 0.15) is 0 Å². The van der Waals surface area contributed by atoms with Gasteiger partial charge in [0, 0.05) is 30.2 Å². The van der Waals surface area contributed by atoms with Crippen LogP contribution in [0.15, 0.2) is 48.5 Å². The Labute approximate surface area is 157 Å². The summed E-state index contributed by atoms with van der Waals surface area (Å²) < 4.78 is 0. The predicted molar refractivity (Wildman–Crippen MR) is 103 cm³/mol. The van der Waals surface area contributed by atoms with Crippen LogP contribution >= 0.6 is 0 Å². The van der Waals surface area contributed by atoms with Crippen LogP contribution in [0.3, 0.4) is 0 Å². The molecule has 0 bridgehead atoms. The van der Waals surface area contributed by atoms with E-state index in [2.05, 4.69) is 4.90 Å². The molecule has 0 saturated carbocycles. The van der Waals surface area contributed by atoms with E-state index in [1.165, 1.54) is 43.5 Å². The van der Waals surface area contributed by atoms with Gasteiger partial charge in [0.05, 0.1) is 9.85 Å². The molecule has 3 rings (SSSR count). The first kappa shape index (κ1) is 19.0. The molecule has 0 unspecified atom stereocenters. The van der Waals surface area contributed by atoms with E-state index >= 15 is 0 Å². The first-order valence-electron chi connectivity index (χ1n) is 9.25. The third kappa shape index (κ3) is 4.89. The van der Waals surface area contributed by atoms with E-state index in [4.69, 9.17) is 0 Å². The van der Waals surface area contributed by atoms with Gasteiger partial charge in [-0.05, 0) is 50.0 Å². The molecule has 0 spiro atoms. The minimum absolute atomic E-state index is 0.0496. The van der Waals surface area contributed by atoms with Gasteiger partial charge in [0.15, 0.2) is 0 Å². The summed E-state index contributed by atoms with van der Waals surface area (Å²) in [6.45, 7) is 3.15. The maximum Gasteiger partial charge on any atom is 0.269 e. The number of rotatable bonds is 7. The Balaban J connectivity index is 1.82. The quantitative estimate of drug-likeness (QED) is 0.529. The van der Waals surface area contributed by atoms with Crippen molar-refractivity contribution in [1.29, 1.82) is 0 Å². The van der Waals surface area contributed by atoms with Crippen LogP contribution in [0.4, 0.5) is 11.4 Å². The fourth-order valence-corrected chi connectivity index (χ4v) is 3.68. The van der Waals surface area contributed by atoms with Crippen LogP contribution < -0.4 is 0 Å². The van der Waals surface area contributed by atoms with Gasteiger partial charge in [0.25, 0.3) is 11.4 Å². The summed E-state index contributed by atoms with van der Waals surface area (Å²) in [6, 6.07) is 13.3. The van der Waals surface area contributed by atoms with Gasteiger partial charge in [-0.2, -0.15) is 0 Å². The Hall–Kier alpha value is -2.80. The summed E-state index contributed by atoms with van der Waals surface area (Å²) in [6.07, 6.45) is 4.60. The summed E-state index contributed by atoms with van der Waals surface area (Å²) in [4.78, 5) is 23.5. The van der Waals surface area contributed by atoms with E-state index < -0.39 is 9.85 Å². The van der Waals surface area contributed by atoms with E-state index in [9.17, 15) is 20.2 Å². The summed E-state index contributed by atoms with van der Waals surface area (Å²) in [5, 5.41) is 21.8. The number of hydrogen-bond donors (Lipinski definition) is 0. The van der Waals surface area contributed by atoms with Crippen molar-refractivity contribution in [3.8, 4) is 0 Å². The average molecular weight is 369 g/mol. The molecule has 0 radical (unpaired) electrons. The molecule has 142 valence electrons. The largest absolute Gasteiger partial charge is 0.303 e. The van der Waals surface area contributed by atoms with Gasteiger partial charge in [-0.1, -0.05) is 30.7 Å². The highest BCUT2D eigenvalue weighted by Crippen LogP contribution is 2.31. The lowest BCUT2D eigenvalue weighted by atomic mass is 9.88. The Morgan fingerprint density at radius 3 is 1.63 bits per heavy atom. The van der Waals surface area contributed by atoms with Crippen molar-refractivity contribution < 1.29 is 9.85 Å². The first-order valence-corrected chi connectivity index (χ1v) is 9.25. The van der Waals surface area contributed by atoms with Gasteiger partial charge in [-0.3, -0.25) is 20.2 Å². The van der Waals surface area contributed by atoms with Crippen LogP contribution in [0.5, 0.6) is 0 Å². The van der Waals surface area contributed by atoms with Gasteiger partial charge in [-0.25, -0.2) is 0 Å². The van der Waals surface area contributed by atoms with Crippen LogP contribution in [-0.2, 0) is 0 Å². The van der Waals surface area contributed by atoms with Crippen molar-refractivity contribution in [2.75, 3.05) is 19.6 Å². The SMILES string of the molecule is O=[N+]([O-])c1ccc(C(CCN2CCCCC2)c2ccc([N+](=O)[O-])cc2)cc1. The number of nitrogens with zero attached hydrogens (tertiary/aromatic N) is 3. The number of benzene rings is 2. The van der Waals surface area contributed by atoms with Crippen molar-refractivity contribution in [3.05, 3.63) is 79.9 Å². The number of piperidine rings is 1. The molecule has 2 aromatic rings. The average Bonchev–Trinajstić information content (AvgIpc) is 2.69. The second-order valence-corrected chi connectivity index (χ2v) is 6.94. The Bertz CT molecular complexity index is 726. The monoisotopic (exact) mass is 369 g/mol. The fraction of sp³-hybridized carbons (Fsp3) is 0.400. The molecule has 1 heterocycles. The summed E-state index contributed by atoms with van der Waals surface area (Å²) in [5.74, 6) is 0.0496. The van der Waals surface area contributed by atoms with Crippen molar-refractivity contribution >= 4 is 11.4 Å².